The number of halogens is 2. The summed E-state index contributed by atoms with van der Waals surface area (Å²) in [6.07, 6.45) is -3.52. The Labute approximate surface area is 247 Å². The third-order valence-electron chi connectivity index (χ3n) is 6.48. The number of phenols is 1. The number of H-pyrrole nitrogens is 1. The molecule has 2 fully saturated rings. The number of benzene rings is 1. The molecule has 0 radical (unpaired) electrons. The lowest BCUT2D eigenvalue weighted by Crippen LogP contribution is -2.33. The molecule has 1 aromatic carbocycles. The van der Waals surface area contributed by atoms with Gasteiger partial charge >= 0.3 is 5.69 Å². The molecule has 7 atom stereocenters. The van der Waals surface area contributed by atoms with E-state index in [1.54, 1.807) is 0 Å². The van der Waals surface area contributed by atoms with Crippen LogP contribution in [0.2, 0.25) is 10.0 Å². The summed E-state index contributed by atoms with van der Waals surface area (Å²) in [6, 6.07) is 1.31. The first-order chi connectivity index (χ1) is 19.8. The van der Waals surface area contributed by atoms with Crippen LogP contribution in [0.4, 0.5) is 0 Å². The van der Waals surface area contributed by atoms with Gasteiger partial charge in [-0.05, 0) is 6.92 Å². The minimum atomic E-state index is -4.95. The van der Waals surface area contributed by atoms with Gasteiger partial charge in [0, 0.05) is 42.1 Å². The molecule has 0 aliphatic carbocycles. The highest BCUT2D eigenvalue weighted by molar-refractivity contribution is 7.45. The van der Waals surface area contributed by atoms with Crippen molar-refractivity contribution in [3.8, 4) is 11.5 Å². The molecule has 2 saturated heterocycles. The second-order valence-corrected chi connectivity index (χ2v) is 11.6. The predicted octanol–water partition coefficient (Wildman–Crippen LogP) is 0.748. The smallest absolute Gasteiger partial charge is 0.330 e. The van der Waals surface area contributed by atoms with Gasteiger partial charge in [-0.2, -0.15) is 0 Å². The van der Waals surface area contributed by atoms with Gasteiger partial charge in [-0.1, -0.05) is 28.4 Å². The minimum Gasteiger partial charge on any atom is -0.756 e. The van der Waals surface area contributed by atoms with Crippen LogP contribution in [0.15, 0.2) is 27.0 Å². The van der Waals surface area contributed by atoms with Crippen molar-refractivity contribution in [1.82, 2.24) is 9.55 Å². The van der Waals surface area contributed by atoms with E-state index in [0.29, 0.717) is 0 Å². The molecule has 3 unspecified atom stereocenters. The maximum Gasteiger partial charge on any atom is 0.330 e. The van der Waals surface area contributed by atoms with Crippen molar-refractivity contribution in [2.24, 2.45) is 11.1 Å². The van der Waals surface area contributed by atoms with Gasteiger partial charge in [0.2, 0.25) is 0 Å². The molecule has 3 heterocycles. The quantitative estimate of drug-likeness (QED) is 0.149. The molecular formula is C23H27Cl2N3O13P-. The van der Waals surface area contributed by atoms with E-state index in [-0.39, 0.29) is 45.5 Å². The number of phosphoric acid groups is 1. The molecule has 0 spiro atoms. The number of nitrogens with zero attached hydrogens (tertiary/aromatic N) is 2. The zero-order chi connectivity index (χ0) is 30.8. The SMILES string of the molecule is COc1cc(Cl)c(/C=N/O[C@H]2C[C@H](n3cc(C)c(=O)[nH]c3=O)O[C@@H]2COP(=O)([O-])OC[C@H]2CC(O)OC2O)c(Cl)c1O. The first-order valence-corrected chi connectivity index (χ1v) is 14.5. The van der Waals surface area contributed by atoms with Gasteiger partial charge in [-0.3, -0.25) is 18.9 Å². The predicted molar refractivity (Wildman–Crippen MR) is 142 cm³/mol. The summed E-state index contributed by atoms with van der Waals surface area (Å²) in [5, 5.41) is 33.0. The third kappa shape index (κ3) is 7.52. The zero-order valence-electron chi connectivity index (χ0n) is 22.0. The van der Waals surface area contributed by atoms with Gasteiger partial charge in [0.25, 0.3) is 13.4 Å². The van der Waals surface area contributed by atoms with Gasteiger partial charge < -0.3 is 48.3 Å². The Balaban J connectivity index is 1.49. The molecule has 0 bridgehead atoms. The fraction of sp³-hybridized carbons (Fsp3) is 0.522. The summed E-state index contributed by atoms with van der Waals surface area (Å²) in [6.45, 7) is 0.335. The molecule has 0 saturated carbocycles. The number of phosphoric ester groups is 1. The molecule has 1 aromatic heterocycles. The second kappa shape index (κ2) is 13.4. The van der Waals surface area contributed by atoms with Crippen LogP contribution in [0.3, 0.4) is 0 Å². The maximum atomic E-state index is 12.4. The van der Waals surface area contributed by atoms with Crippen LogP contribution >= 0.6 is 31.0 Å². The van der Waals surface area contributed by atoms with Crippen molar-refractivity contribution < 1.29 is 52.9 Å². The second-order valence-electron chi connectivity index (χ2n) is 9.37. The third-order valence-corrected chi connectivity index (χ3v) is 8.10. The Morgan fingerprint density at radius 3 is 2.62 bits per heavy atom. The lowest BCUT2D eigenvalue weighted by Gasteiger charge is -2.26. The number of aliphatic hydroxyl groups excluding tert-OH is 2. The highest BCUT2D eigenvalue weighted by Crippen LogP contribution is 2.42. The number of hydrogen-bond acceptors (Lipinski definition) is 14. The van der Waals surface area contributed by atoms with Crippen LogP contribution in [0.1, 0.15) is 30.2 Å². The molecule has 2 aliphatic rings. The van der Waals surface area contributed by atoms with E-state index in [0.717, 1.165) is 10.8 Å². The highest BCUT2D eigenvalue weighted by atomic mass is 35.5. The molecule has 2 aromatic rings. The summed E-state index contributed by atoms with van der Waals surface area (Å²) in [5.74, 6) is -1.16. The first kappa shape index (κ1) is 32.4. The van der Waals surface area contributed by atoms with E-state index < -0.39 is 69.2 Å². The van der Waals surface area contributed by atoms with E-state index in [9.17, 15) is 34.4 Å². The molecule has 0 amide bonds. The van der Waals surface area contributed by atoms with Crippen LogP contribution < -0.4 is 20.9 Å². The van der Waals surface area contributed by atoms with Crippen molar-refractivity contribution in [3.05, 3.63) is 54.3 Å². The molecule has 2 aliphatic heterocycles. The minimum absolute atomic E-state index is 0.0318. The standard InChI is InChI=1S/C23H28Cl2N3O13P/c1-10-7-28(23(33)27-21(10)31)17-5-14(41-26-6-12-13(24)4-15(36-2)20(30)19(12)25)16(39-17)9-38-42(34,35)37-8-11-3-18(29)40-22(11)32/h4,6-7,11,14,16-18,22,29-30,32H,3,5,8-9H2,1-2H3,(H,34,35)(H,27,31,33)/p-1/b26-6+/t11-,14+,16-,17-,18?,22?/m1/s1. The monoisotopic (exact) mass is 654 g/mol. The molecule has 16 nitrogen and oxygen atoms in total. The number of aromatic nitrogens is 2. The Morgan fingerprint density at radius 1 is 1.24 bits per heavy atom. The highest BCUT2D eigenvalue weighted by Gasteiger charge is 2.40. The number of aliphatic hydroxyl groups is 2. The van der Waals surface area contributed by atoms with Crippen LogP contribution in [-0.4, -0.2) is 76.2 Å². The van der Waals surface area contributed by atoms with Gasteiger partial charge in [0.1, 0.15) is 12.3 Å². The number of hydrogen-bond donors (Lipinski definition) is 4. The molecule has 19 heteroatoms. The summed E-state index contributed by atoms with van der Waals surface area (Å²) in [5.41, 5.74) is -1.05. The number of methoxy groups -OCH3 is 1. The lowest BCUT2D eigenvalue weighted by atomic mass is 10.1. The Kier molecular flexibility index (Phi) is 10.4. The Bertz CT molecular complexity index is 1480. The van der Waals surface area contributed by atoms with Crippen molar-refractivity contribution in [3.63, 3.8) is 0 Å². The number of aryl methyl sites for hydroxylation is 1. The lowest BCUT2D eigenvalue weighted by molar-refractivity contribution is -0.231. The average Bonchev–Trinajstić information content (AvgIpc) is 3.49. The Hall–Kier alpha value is -2.50. The average molecular weight is 655 g/mol. The molecule has 42 heavy (non-hydrogen) atoms. The van der Waals surface area contributed by atoms with Crippen molar-refractivity contribution in [1.29, 1.82) is 0 Å². The van der Waals surface area contributed by atoms with Gasteiger partial charge in [-0.15, -0.1) is 0 Å². The van der Waals surface area contributed by atoms with Crippen LogP contribution in [0.5, 0.6) is 11.5 Å². The van der Waals surface area contributed by atoms with E-state index in [1.165, 1.54) is 26.3 Å². The van der Waals surface area contributed by atoms with Crippen LogP contribution in [0, 0.1) is 12.8 Å². The number of ether oxygens (including phenoxy) is 3. The fourth-order valence-corrected chi connectivity index (χ4v) is 5.52. The van der Waals surface area contributed by atoms with E-state index in [4.69, 9.17) is 51.3 Å². The molecule has 4 rings (SSSR count). The van der Waals surface area contributed by atoms with Crippen molar-refractivity contribution in [2.45, 2.75) is 50.8 Å². The number of aromatic amines is 1. The first-order valence-electron chi connectivity index (χ1n) is 12.3. The molecule has 4 N–H and O–H groups in total. The maximum absolute atomic E-state index is 12.4. The fourth-order valence-electron chi connectivity index (χ4n) is 4.21. The summed E-state index contributed by atoms with van der Waals surface area (Å²) < 4.78 is 38.9. The number of nitrogens with one attached hydrogen (secondary N) is 1. The van der Waals surface area contributed by atoms with Crippen LogP contribution in [0.25, 0.3) is 0 Å². The summed E-state index contributed by atoms with van der Waals surface area (Å²) >= 11 is 12.4. The van der Waals surface area contributed by atoms with E-state index in [1.807, 2.05) is 0 Å². The number of oxime groups is 1. The number of phenolic OH excluding ortho intramolecular Hbond substituents is 1. The van der Waals surface area contributed by atoms with Crippen LogP contribution in [-0.2, 0) is 27.9 Å². The molecular weight excluding hydrogens is 628 g/mol. The van der Waals surface area contributed by atoms with Crippen molar-refractivity contribution in [2.75, 3.05) is 20.3 Å². The zero-order valence-corrected chi connectivity index (χ0v) is 24.5. The normalized spacial score (nSPS) is 27.4. The molecule has 232 valence electrons. The Morgan fingerprint density at radius 2 is 1.95 bits per heavy atom. The van der Waals surface area contributed by atoms with Gasteiger partial charge in [0.05, 0.1) is 36.6 Å². The number of rotatable bonds is 11. The van der Waals surface area contributed by atoms with E-state index in [2.05, 4.69) is 10.1 Å². The van der Waals surface area contributed by atoms with Gasteiger partial charge in [0.15, 0.2) is 30.2 Å². The summed E-state index contributed by atoms with van der Waals surface area (Å²) in [7, 11) is -3.63. The largest absolute Gasteiger partial charge is 0.756 e. The van der Waals surface area contributed by atoms with E-state index >= 15 is 0 Å². The van der Waals surface area contributed by atoms with Gasteiger partial charge in [-0.25, -0.2) is 4.79 Å². The van der Waals surface area contributed by atoms with Crippen molar-refractivity contribution >= 4 is 37.2 Å². The topological polar surface area (TPSA) is 223 Å². The number of aromatic hydroxyl groups is 1. The summed E-state index contributed by atoms with van der Waals surface area (Å²) in [4.78, 5) is 44.3.